The fourth-order valence-electron chi connectivity index (χ4n) is 4.35. The second-order valence-electron chi connectivity index (χ2n) is 6.37. The van der Waals surface area contributed by atoms with Gasteiger partial charge in [-0.1, -0.05) is 43.3 Å². The van der Waals surface area contributed by atoms with Crippen LogP contribution in [0.2, 0.25) is 0 Å². The van der Waals surface area contributed by atoms with Gasteiger partial charge in [0.25, 0.3) is 0 Å². The maximum atomic E-state index is 12.3. The molecule has 1 N–H and O–H groups in total. The highest BCUT2D eigenvalue weighted by Crippen LogP contribution is 2.52. The van der Waals surface area contributed by atoms with Gasteiger partial charge in [-0.3, -0.25) is 4.79 Å². The van der Waals surface area contributed by atoms with Gasteiger partial charge in [0.15, 0.2) is 0 Å². The predicted octanol–water partition coefficient (Wildman–Crippen LogP) is 3.09. The fraction of sp³-hybridized carbons (Fsp3) is 0.500. The van der Waals surface area contributed by atoms with Crippen LogP contribution >= 0.6 is 0 Å². The summed E-state index contributed by atoms with van der Waals surface area (Å²) in [7, 11) is 0. The van der Waals surface area contributed by atoms with Gasteiger partial charge in [0, 0.05) is 30.3 Å². The quantitative estimate of drug-likeness (QED) is 0.851. The van der Waals surface area contributed by atoms with Crippen molar-refractivity contribution in [3.05, 3.63) is 48.6 Å². The summed E-state index contributed by atoms with van der Waals surface area (Å²) < 4.78 is 0. The number of benzene rings is 1. The third-order valence-corrected chi connectivity index (χ3v) is 5.46. The molecule has 4 rings (SSSR count). The zero-order valence-electron chi connectivity index (χ0n) is 12.1. The Morgan fingerprint density at radius 3 is 2.75 bits per heavy atom. The number of rotatable bonds is 4. The molecule has 106 valence electrons. The summed E-state index contributed by atoms with van der Waals surface area (Å²) >= 11 is 0. The highest BCUT2D eigenvalue weighted by atomic mass is 16.1. The topological polar surface area (TPSA) is 29.1 Å². The molecule has 4 atom stereocenters. The number of hydrogen-bond acceptors (Lipinski definition) is 2. The molecule has 0 heterocycles. The Hall–Kier alpha value is -1.41. The molecule has 2 heteroatoms. The number of Topliss-reactive ketones (excluding diaryl/α,β-unsaturated/α-hetero) is 1. The second kappa shape index (κ2) is 5.17. The molecule has 0 amide bonds. The number of carbonyl (C=O) groups is 1. The van der Waals surface area contributed by atoms with Crippen molar-refractivity contribution in [1.82, 2.24) is 5.32 Å². The van der Waals surface area contributed by atoms with Gasteiger partial charge in [0.1, 0.15) is 5.78 Å². The van der Waals surface area contributed by atoms with E-state index in [-0.39, 0.29) is 17.4 Å². The molecule has 0 saturated heterocycles. The molecular formula is C18H23NO. The van der Waals surface area contributed by atoms with Gasteiger partial charge in [-0.05, 0) is 24.3 Å². The lowest BCUT2D eigenvalue weighted by Gasteiger charge is -2.55. The predicted molar refractivity (Wildman–Crippen MR) is 81.6 cm³/mol. The molecule has 3 aliphatic carbocycles. The van der Waals surface area contributed by atoms with E-state index in [1.54, 1.807) is 0 Å². The van der Waals surface area contributed by atoms with Crippen LogP contribution in [0.4, 0.5) is 0 Å². The highest BCUT2D eigenvalue weighted by molar-refractivity contribution is 5.84. The van der Waals surface area contributed by atoms with Gasteiger partial charge in [-0.25, -0.2) is 0 Å². The van der Waals surface area contributed by atoms with Crippen molar-refractivity contribution in [2.75, 3.05) is 6.54 Å². The molecule has 1 aromatic carbocycles. The number of hydrogen-bond donors (Lipinski definition) is 1. The molecule has 3 fully saturated rings. The zero-order valence-corrected chi connectivity index (χ0v) is 12.1. The number of nitrogens with one attached hydrogen (secondary N) is 1. The normalized spacial score (nSPS) is 36.0. The Morgan fingerprint density at radius 1 is 1.35 bits per heavy atom. The van der Waals surface area contributed by atoms with Crippen LogP contribution in [0.25, 0.3) is 0 Å². The lowest BCUT2D eigenvalue weighted by Crippen LogP contribution is -2.63. The van der Waals surface area contributed by atoms with Crippen LogP contribution in [0.1, 0.15) is 31.7 Å². The Kier molecular flexibility index (Phi) is 3.51. The van der Waals surface area contributed by atoms with Gasteiger partial charge in [0.2, 0.25) is 0 Å². The highest BCUT2D eigenvalue weighted by Gasteiger charge is 2.55. The second-order valence-corrected chi connectivity index (χ2v) is 6.37. The van der Waals surface area contributed by atoms with Crippen molar-refractivity contribution in [2.24, 2.45) is 11.8 Å². The summed E-state index contributed by atoms with van der Waals surface area (Å²) in [5.41, 5.74) is 1.42. The molecule has 4 unspecified atom stereocenters. The average molecular weight is 269 g/mol. The van der Waals surface area contributed by atoms with Crippen molar-refractivity contribution in [2.45, 2.75) is 37.6 Å². The summed E-state index contributed by atoms with van der Waals surface area (Å²) in [4.78, 5) is 12.3. The van der Waals surface area contributed by atoms with Crippen molar-refractivity contribution in [3.8, 4) is 0 Å². The van der Waals surface area contributed by atoms with Crippen molar-refractivity contribution in [3.63, 3.8) is 0 Å². The zero-order chi connectivity index (χ0) is 14.2. The lowest BCUT2D eigenvalue weighted by molar-refractivity contribution is -0.135. The molecule has 2 nitrogen and oxygen atoms in total. The van der Waals surface area contributed by atoms with E-state index in [9.17, 15) is 4.79 Å². The fourth-order valence-corrected chi connectivity index (χ4v) is 4.35. The third-order valence-electron chi connectivity index (χ3n) is 5.46. The Balaban J connectivity index is 2.01. The molecule has 0 aliphatic heterocycles. The molecule has 1 aromatic rings. The Labute approximate surface area is 121 Å². The summed E-state index contributed by atoms with van der Waals surface area (Å²) in [5.74, 6) is 1.09. The first-order valence-corrected chi connectivity index (χ1v) is 7.60. The number of carbonyl (C=O) groups excluding carboxylic acids is 1. The Bertz CT molecular complexity index is 509. The minimum Gasteiger partial charge on any atom is -0.309 e. The monoisotopic (exact) mass is 269 g/mol. The molecule has 20 heavy (non-hydrogen) atoms. The third kappa shape index (κ3) is 1.94. The van der Waals surface area contributed by atoms with E-state index in [2.05, 4.69) is 49.2 Å². The molecule has 0 spiro atoms. The van der Waals surface area contributed by atoms with Gasteiger partial charge in [-0.2, -0.15) is 0 Å². The van der Waals surface area contributed by atoms with Crippen LogP contribution in [0.3, 0.4) is 0 Å². The standard InChI is InChI=1S/C18H23NO/c1-3-11-19-17-15-10-9-14(12-16(15)20)18(17,2)13-7-5-4-6-8-13/h3-8,14-15,17,19H,1,9-12H2,2H3. The van der Waals surface area contributed by atoms with E-state index in [0.717, 1.165) is 19.4 Å². The smallest absolute Gasteiger partial charge is 0.137 e. The summed E-state index contributed by atoms with van der Waals surface area (Å²) in [6, 6.07) is 10.9. The number of fused-ring (bicyclic) bond motifs is 3. The SMILES string of the molecule is C=CCNC1C2CCC(CC2=O)C1(C)c1ccccc1. The molecule has 2 bridgehead atoms. The lowest BCUT2D eigenvalue weighted by atomic mass is 9.51. The van der Waals surface area contributed by atoms with E-state index in [0.29, 0.717) is 11.7 Å². The van der Waals surface area contributed by atoms with Gasteiger partial charge in [0.05, 0.1) is 0 Å². The maximum absolute atomic E-state index is 12.3. The first-order chi connectivity index (χ1) is 9.67. The van der Waals surface area contributed by atoms with Crippen LogP contribution in [0.15, 0.2) is 43.0 Å². The van der Waals surface area contributed by atoms with Crippen LogP contribution in [-0.2, 0) is 10.2 Å². The van der Waals surface area contributed by atoms with Gasteiger partial charge < -0.3 is 5.32 Å². The van der Waals surface area contributed by atoms with E-state index < -0.39 is 0 Å². The van der Waals surface area contributed by atoms with E-state index in [4.69, 9.17) is 0 Å². The van der Waals surface area contributed by atoms with Crippen LogP contribution in [0.5, 0.6) is 0 Å². The van der Waals surface area contributed by atoms with Gasteiger partial charge >= 0.3 is 0 Å². The van der Waals surface area contributed by atoms with Crippen LogP contribution < -0.4 is 5.32 Å². The number of ketones is 1. The molecule has 0 aromatic heterocycles. The molecular weight excluding hydrogens is 246 g/mol. The van der Waals surface area contributed by atoms with Crippen molar-refractivity contribution < 1.29 is 4.79 Å². The molecule has 3 aliphatic rings. The van der Waals surface area contributed by atoms with E-state index in [1.807, 2.05) is 6.08 Å². The van der Waals surface area contributed by atoms with Gasteiger partial charge in [-0.15, -0.1) is 6.58 Å². The van der Waals surface area contributed by atoms with E-state index >= 15 is 0 Å². The minimum absolute atomic E-state index is 0.0566. The molecule has 3 saturated carbocycles. The largest absolute Gasteiger partial charge is 0.309 e. The van der Waals surface area contributed by atoms with Crippen LogP contribution in [0, 0.1) is 11.8 Å². The van der Waals surface area contributed by atoms with Crippen molar-refractivity contribution in [1.29, 1.82) is 0 Å². The average Bonchev–Trinajstić information content (AvgIpc) is 2.48. The summed E-state index contributed by atoms with van der Waals surface area (Å²) in [6.07, 6.45) is 4.86. The van der Waals surface area contributed by atoms with E-state index in [1.165, 1.54) is 12.0 Å². The van der Waals surface area contributed by atoms with Crippen LogP contribution in [-0.4, -0.2) is 18.4 Å². The minimum atomic E-state index is 0.0566. The Morgan fingerprint density at radius 2 is 2.10 bits per heavy atom. The first-order valence-electron chi connectivity index (χ1n) is 7.60. The van der Waals surface area contributed by atoms with Crippen molar-refractivity contribution >= 4 is 5.78 Å². The maximum Gasteiger partial charge on any atom is 0.137 e. The molecule has 0 radical (unpaired) electrons. The summed E-state index contributed by atoms with van der Waals surface area (Å²) in [6.45, 7) is 6.91. The first kappa shape index (κ1) is 13.6. The summed E-state index contributed by atoms with van der Waals surface area (Å²) in [5, 5.41) is 3.58.